The molecule has 0 bridgehead atoms. The zero-order valence-electron chi connectivity index (χ0n) is 12.4. The van der Waals surface area contributed by atoms with Crippen molar-refractivity contribution in [1.82, 2.24) is 15.1 Å². The van der Waals surface area contributed by atoms with Crippen molar-refractivity contribution < 1.29 is 4.52 Å². The van der Waals surface area contributed by atoms with E-state index in [2.05, 4.69) is 25.8 Å². The van der Waals surface area contributed by atoms with Gasteiger partial charge < -0.3 is 15.2 Å². The minimum absolute atomic E-state index is 0.646. The van der Waals surface area contributed by atoms with Crippen LogP contribution in [0.1, 0.15) is 36.7 Å². The van der Waals surface area contributed by atoms with E-state index >= 15 is 0 Å². The molecule has 0 saturated carbocycles. The third-order valence-electron chi connectivity index (χ3n) is 3.07. The van der Waals surface area contributed by atoms with Crippen molar-refractivity contribution in [3.63, 3.8) is 0 Å². The Morgan fingerprint density at radius 2 is 1.80 bits per heavy atom. The molecule has 0 unspecified atom stereocenters. The van der Waals surface area contributed by atoms with Crippen LogP contribution in [-0.4, -0.2) is 21.7 Å². The molecule has 0 aliphatic carbocycles. The van der Waals surface area contributed by atoms with Crippen LogP contribution in [0.4, 0.5) is 11.6 Å². The Morgan fingerprint density at radius 1 is 1.10 bits per heavy atom. The fraction of sp³-hybridized carbons (Fsp3) is 0.500. The van der Waals surface area contributed by atoms with Crippen molar-refractivity contribution in [2.75, 3.05) is 17.2 Å². The molecule has 0 amide bonds. The molecule has 0 saturated heterocycles. The Labute approximate surface area is 119 Å². The highest BCUT2D eigenvalue weighted by Crippen LogP contribution is 2.16. The lowest BCUT2D eigenvalue weighted by molar-refractivity contribution is 0.392. The predicted octanol–water partition coefficient (Wildman–Crippen LogP) is 2.69. The van der Waals surface area contributed by atoms with Crippen LogP contribution < -0.4 is 10.6 Å². The summed E-state index contributed by atoms with van der Waals surface area (Å²) in [6, 6.07) is 1.92. The molecule has 2 aromatic heterocycles. The standard InChI is InChI=1S/C14H21N5O/c1-5-12-17-13(15-6-2)7-14(18-12)16-8-11-9(3)19-20-10(11)4/h7H,5-6,8H2,1-4H3,(H2,15,16,17,18). The molecule has 6 nitrogen and oxygen atoms in total. The quantitative estimate of drug-likeness (QED) is 0.844. The minimum Gasteiger partial charge on any atom is -0.370 e. The lowest BCUT2D eigenvalue weighted by Gasteiger charge is -2.10. The fourth-order valence-electron chi connectivity index (χ4n) is 1.95. The van der Waals surface area contributed by atoms with Crippen molar-refractivity contribution in [1.29, 1.82) is 0 Å². The first-order chi connectivity index (χ1) is 9.63. The average Bonchev–Trinajstić information content (AvgIpc) is 2.76. The number of aromatic nitrogens is 3. The molecule has 2 heterocycles. The van der Waals surface area contributed by atoms with E-state index in [1.165, 1.54) is 0 Å². The summed E-state index contributed by atoms with van der Waals surface area (Å²) in [6.45, 7) is 9.43. The van der Waals surface area contributed by atoms with Crippen molar-refractivity contribution >= 4 is 11.6 Å². The zero-order valence-corrected chi connectivity index (χ0v) is 12.4. The molecule has 2 aromatic rings. The molecule has 0 spiro atoms. The Morgan fingerprint density at radius 3 is 2.35 bits per heavy atom. The summed E-state index contributed by atoms with van der Waals surface area (Å²) in [5, 5.41) is 10.5. The molecule has 0 aromatic carbocycles. The topological polar surface area (TPSA) is 75.9 Å². The van der Waals surface area contributed by atoms with Gasteiger partial charge in [-0.3, -0.25) is 0 Å². The Balaban J connectivity index is 2.14. The van der Waals surface area contributed by atoms with Gasteiger partial charge in [0.1, 0.15) is 23.2 Å². The van der Waals surface area contributed by atoms with Crippen LogP contribution in [0, 0.1) is 13.8 Å². The Hall–Kier alpha value is -2.11. The summed E-state index contributed by atoms with van der Waals surface area (Å²) >= 11 is 0. The summed E-state index contributed by atoms with van der Waals surface area (Å²) in [5.74, 6) is 3.32. The SMILES string of the molecule is CCNc1cc(NCc2c(C)noc2C)nc(CC)n1. The van der Waals surface area contributed by atoms with E-state index in [0.29, 0.717) is 6.54 Å². The molecule has 6 heteroatoms. The number of nitrogens with one attached hydrogen (secondary N) is 2. The number of aryl methyl sites for hydroxylation is 3. The maximum Gasteiger partial charge on any atom is 0.138 e. The van der Waals surface area contributed by atoms with E-state index in [9.17, 15) is 0 Å². The second-order valence-corrected chi connectivity index (χ2v) is 4.59. The fourth-order valence-corrected chi connectivity index (χ4v) is 1.95. The highest BCUT2D eigenvalue weighted by atomic mass is 16.5. The summed E-state index contributed by atoms with van der Waals surface area (Å²) in [7, 11) is 0. The van der Waals surface area contributed by atoms with Gasteiger partial charge in [0, 0.05) is 31.1 Å². The molecule has 108 valence electrons. The second kappa shape index (κ2) is 6.36. The van der Waals surface area contributed by atoms with Crippen molar-refractivity contribution in [3.05, 3.63) is 28.9 Å². The number of hydrogen-bond acceptors (Lipinski definition) is 6. The minimum atomic E-state index is 0.646. The highest BCUT2D eigenvalue weighted by molar-refractivity contribution is 5.48. The van der Waals surface area contributed by atoms with Crippen molar-refractivity contribution in [3.8, 4) is 0 Å². The van der Waals surface area contributed by atoms with Crippen LogP contribution in [0.5, 0.6) is 0 Å². The lowest BCUT2D eigenvalue weighted by Crippen LogP contribution is -2.08. The second-order valence-electron chi connectivity index (χ2n) is 4.59. The first kappa shape index (κ1) is 14.3. The normalized spacial score (nSPS) is 10.6. The molecule has 2 rings (SSSR count). The van der Waals surface area contributed by atoms with E-state index in [-0.39, 0.29) is 0 Å². The first-order valence-electron chi connectivity index (χ1n) is 6.91. The van der Waals surface area contributed by atoms with Crippen molar-refractivity contribution in [2.24, 2.45) is 0 Å². The van der Waals surface area contributed by atoms with Gasteiger partial charge in [0.25, 0.3) is 0 Å². The maximum atomic E-state index is 5.16. The monoisotopic (exact) mass is 275 g/mol. The molecular weight excluding hydrogens is 254 g/mol. The third kappa shape index (κ3) is 3.26. The van der Waals surface area contributed by atoms with Crippen LogP contribution in [-0.2, 0) is 13.0 Å². The van der Waals surface area contributed by atoms with Crippen LogP contribution in [0.25, 0.3) is 0 Å². The third-order valence-corrected chi connectivity index (χ3v) is 3.07. The van der Waals surface area contributed by atoms with Gasteiger partial charge in [0.2, 0.25) is 0 Å². The van der Waals surface area contributed by atoms with Crippen LogP contribution in [0.15, 0.2) is 10.6 Å². The van der Waals surface area contributed by atoms with E-state index in [1.54, 1.807) is 0 Å². The van der Waals surface area contributed by atoms with Gasteiger partial charge in [0.05, 0.1) is 5.69 Å². The highest BCUT2D eigenvalue weighted by Gasteiger charge is 2.09. The van der Waals surface area contributed by atoms with Gasteiger partial charge in [-0.15, -0.1) is 0 Å². The van der Waals surface area contributed by atoms with Crippen LogP contribution in [0.3, 0.4) is 0 Å². The molecule has 0 radical (unpaired) electrons. The average molecular weight is 275 g/mol. The number of anilines is 2. The van der Waals surface area contributed by atoms with Gasteiger partial charge in [-0.1, -0.05) is 12.1 Å². The van der Waals surface area contributed by atoms with E-state index < -0.39 is 0 Å². The van der Waals surface area contributed by atoms with E-state index in [1.807, 2.05) is 33.8 Å². The maximum absolute atomic E-state index is 5.16. The molecule has 0 fully saturated rings. The Bertz CT molecular complexity index is 559. The smallest absolute Gasteiger partial charge is 0.138 e. The summed E-state index contributed by atoms with van der Waals surface area (Å²) in [4.78, 5) is 8.91. The molecule has 0 aliphatic heterocycles. The molecule has 0 aliphatic rings. The van der Waals surface area contributed by atoms with Crippen LogP contribution in [0.2, 0.25) is 0 Å². The van der Waals surface area contributed by atoms with Gasteiger partial charge in [-0.05, 0) is 20.8 Å². The van der Waals surface area contributed by atoms with Gasteiger partial charge in [0.15, 0.2) is 0 Å². The number of rotatable bonds is 6. The largest absolute Gasteiger partial charge is 0.370 e. The predicted molar refractivity (Wildman–Crippen MR) is 78.9 cm³/mol. The first-order valence-corrected chi connectivity index (χ1v) is 6.91. The van der Waals surface area contributed by atoms with Gasteiger partial charge >= 0.3 is 0 Å². The van der Waals surface area contributed by atoms with E-state index in [0.717, 1.165) is 47.4 Å². The number of hydrogen-bond donors (Lipinski definition) is 2. The Kier molecular flexibility index (Phi) is 4.55. The summed E-state index contributed by atoms with van der Waals surface area (Å²) in [6.07, 6.45) is 0.805. The van der Waals surface area contributed by atoms with E-state index in [4.69, 9.17) is 4.52 Å². The zero-order chi connectivity index (χ0) is 14.5. The molecule has 20 heavy (non-hydrogen) atoms. The van der Waals surface area contributed by atoms with Crippen molar-refractivity contribution in [2.45, 2.75) is 40.7 Å². The molecular formula is C14H21N5O. The van der Waals surface area contributed by atoms with Gasteiger partial charge in [-0.25, -0.2) is 9.97 Å². The van der Waals surface area contributed by atoms with Gasteiger partial charge in [-0.2, -0.15) is 0 Å². The lowest BCUT2D eigenvalue weighted by atomic mass is 10.2. The number of nitrogens with zero attached hydrogens (tertiary/aromatic N) is 3. The molecule has 2 N–H and O–H groups in total. The summed E-state index contributed by atoms with van der Waals surface area (Å²) in [5.41, 5.74) is 1.98. The molecule has 0 atom stereocenters. The summed E-state index contributed by atoms with van der Waals surface area (Å²) < 4.78 is 5.16. The van der Waals surface area contributed by atoms with Crippen LogP contribution >= 0.6 is 0 Å².